The van der Waals surface area contributed by atoms with E-state index in [1.807, 2.05) is 43.0 Å². The molecule has 88 valence electrons. The van der Waals surface area contributed by atoms with Crippen molar-refractivity contribution in [1.29, 1.82) is 0 Å². The van der Waals surface area contributed by atoms with Crippen LogP contribution < -0.4 is 0 Å². The Morgan fingerprint density at radius 2 is 2.25 bits per heavy atom. The quantitative estimate of drug-likeness (QED) is 0.904. The summed E-state index contributed by atoms with van der Waals surface area (Å²) in [6.07, 6.45) is 0. The first-order chi connectivity index (χ1) is 7.54. The first-order valence-corrected chi connectivity index (χ1v) is 6.05. The third-order valence-corrected chi connectivity index (χ3v) is 3.12. The van der Waals surface area contributed by atoms with E-state index < -0.39 is 5.97 Å². The van der Waals surface area contributed by atoms with Gasteiger partial charge in [-0.2, -0.15) is 0 Å². The average molecular weight is 286 g/mol. The van der Waals surface area contributed by atoms with Crippen LogP contribution in [0, 0.1) is 0 Å². The third kappa shape index (κ3) is 3.61. The van der Waals surface area contributed by atoms with Gasteiger partial charge in [0, 0.05) is 10.5 Å². The normalized spacial score (nSPS) is 12.8. The highest BCUT2D eigenvalue weighted by Crippen LogP contribution is 2.22. The molecule has 1 rings (SSSR count). The van der Waals surface area contributed by atoms with Crippen molar-refractivity contribution in [2.75, 3.05) is 13.1 Å². The zero-order valence-corrected chi connectivity index (χ0v) is 11.1. The van der Waals surface area contributed by atoms with E-state index in [0.717, 1.165) is 16.6 Å². The highest BCUT2D eigenvalue weighted by atomic mass is 79.9. The number of rotatable bonds is 5. The number of carboxylic acid groups (broad SMARTS) is 1. The van der Waals surface area contributed by atoms with E-state index in [1.54, 1.807) is 0 Å². The Bertz CT molecular complexity index is 368. The van der Waals surface area contributed by atoms with Gasteiger partial charge in [0.2, 0.25) is 0 Å². The Hall–Kier alpha value is -0.870. The van der Waals surface area contributed by atoms with Crippen LogP contribution in [0.15, 0.2) is 28.7 Å². The molecule has 1 aromatic carbocycles. The lowest BCUT2D eigenvalue weighted by atomic mass is 10.1. The maximum atomic E-state index is 10.7. The molecule has 3 nitrogen and oxygen atoms in total. The maximum Gasteiger partial charge on any atom is 0.317 e. The zero-order valence-electron chi connectivity index (χ0n) is 9.48. The Labute approximate surface area is 104 Å². The zero-order chi connectivity index (χ0) is 12.1. The summed E-state index contributed by atoms with van der Waals surface area (Å²) in [5.41, 5.74) is 1.12. The van der Waals surface area contributed by atoms with Crippen LogP contribution in [0.5, 0.6) is 0 Å². The van der Waals surface area contributed by atoms with Crippen molar-refractivity contribution < 1.29 is 9.90 Å². The second-order valence-electron chi connectivity index (χ2n) is 3.69. The largest absolute Gasteiger partial charge is 0.480 e. The van der Waals surface area contributed by atoms with Crippen molar-refractivity contribution in [2.24, 2.45) is 0 Å². The van der Waals surface area contributed by atoms with Crippen LogP contribution in [0.3, 0.4) is 0 Å². The molecule has 0 saturated carbocycles. The molecule has 0 saturated heterocycles. The minimum atomic E-state index is -0.788. The molecular formula is C12H16BrNO2. The molecular weight excluding hydrogens is 270 g/mol. The Kier molecular flexibility index (Phi) is 4.96. The second kappa shape index (κ2) is 6.01. The number of halogens is 1. The van der Waals surface area contributed by atoms with Crippen LogP contribution >= 0.6 is 15.9 Å². The van der Waals surface area contributed by atoms with Crippen LogP contribution in [0.1, 0.15) is 25.5 Å². The van der Waals surface area contributed by atoms with Crippen LogP contribution in [-0.4, -0.2) is 29.1 Å². The molecule has 0 amide bonds. The molecule has 1 N–H and O–H groups in total. The highest BCUT2D eigenvalue weighted by Gasteiger charge is 2.16. The van der Waals surface area contributed by atoms with Gasteiger partial charge in [0.05, 0.1) is 6.54 Å². The summed E-state index contributed by atoms with van der Waals surface area (Å²) in [5, 5.41) is 8.81. The number of likely N-dealkylation sites (N-methyl/N-ethyl adjacent to an activating group) is 1. The molecule has 0 radical (unpaired) electrons. The molecule has 1 atom stereocenters. The van der Waals surface area contributed by atoms with E-state index in [9.17, 15) is 4.79 Å². The van der Waals surface area contributed by atoms with Gasteiger partial charge in [-0.1, -0.05) is 35.0 Å². The predicted molar refractivity (Wildman–Crippen MR) is 67.4 cm³/mol. The van der Waals surface area contributed by atoms with Crippen LogP contribution in [0.25, 0.3) is 0 Å². The molecule has 16 heavy (non-hydrogen) atoms. The van der Waals surface area contributed by atoms with Crippen molar-refractivity contribution in [2.45, 2.75) is 19.9 Å². The van der Waals surface area contributed by atoms with Crippen molar-refractivity contribution in [3.63, 3.8) is 0 Å². The van der Waals surface area contributed by atoms with Crippen molar-refractivity contribution >= 4 is 21.9 Å². The lowest BCUT2D eigenvalue weighted by molar-refractivity contribution is -0.138. The van der Waals surface area contributed by atoms with Gasteiger partial charge < -0.3 is 5.11 Å². The Morgan fingerprint density at radius 1 is 1.56 bits per heavy atom. The number of nitrogens with zero attached hydrogens (tertiary/aromatic N) is 1. The summed E-state index contributed by atoms with van der Waals surface area (Å²) in [6.45, 7) is 4.79. The van der Waals surface area contributed by atoms with E-state index in [2.05, 4.69) is 15.9 Å². The molecule has 0 aliphatic heterocycles. The van der Waals surface area contributed by atoms with E-state index in [4.69, 9.17) is 5.11 Å². The molecule has 0 fully saturated rings. The van der Waals surface area contributed by atoms with Gasteiger partial charge in [-0.15, -0.1) is 0 Å². The predicted octanol–water partition coefficient (Wildman–Crippen LogP) is 2.92. The molecule has 1 aromatic rings. The van der Waals surface area contributed by atoms with Crippen LogP contribution in [-0.2, 0) is 4.79 Å². The summed E-state index contributed by atoms with van der Waals surface area (Å²) in [6, 6.07) is 8.07. The number of hydrogen-bond donors (Lipinski definition) is 1. The fourth-order valence-corrected chi connectivity index (χ4v) is 2.09. The van der Waals surface area contributed by atoms with E-state index in [1.165, 1.54) is 0 Å². The van der Waals surface area contributed by atoms with Gasteiger partial charge in [-0.3, -0.25) is 9.69 Å². The van der Waals surface area contributed by atoms with Crippen molar-refractivity contribution in [1.82, 2.24) is 4.90 Å². The van der Waals surface area contributed by atoms with Crippen molar-refractivity contribution in [3.8, 4) is 0 Å². The minimum absolute atomic E-state index is 0.0736. The second-order valence-corrected chi connectivity index (χ2v) is 4.60. The van der Waals surface area contributed by atoms with Gasteiger partial charge in [-0.05, 0) is 31.2 Å². The summed E-state index contributed by atoms with van der Waals surface area (Å²) in [5.74, 6) is -0.788. The number of aliphatic carboxylic acids is 1. The van der Waals surface area contributed by atoms with Crippen LogP contribution in [0.2, 0.25) is 0 Å². The third-order valence-electron chi connectivity index (χ3n) is 2.62. The van der Waals surface area contributed by atoms with Gasteiger partial charge in [0.15, 0.2) is 0 Å². The van der Waals surface area contributed by atoms with Gasteiger partial charge in [-0.25, -0.2) is 0 Å². The van der Waals surface area contributed by atoms with Gasteiger partial charge >= 0.3 is 5.97 Å². The number of hydrogen-bond acceptors (Lipinski definition) is 2. The molecule has 0 aliphatic carbocycles. The molecule has 0 aliphatic rings. The molecule has 0 bridgehead atoms. The number of carbonyl (C=O) groups is 1. The van der Waals surface area contributed by atoms with E-state index in [0.29, 0.717) is 0 Å². The van der Waals surface area contributed by atoms with E-state index >= 15 is 0 Å². The standard InChI is InChI=1S/C12H16BrNO2/c1-3-14(8-12(15)16)9(2)10-5-4-6-11(13)7-10/h4-7,9H,3,8H2,1-2H3,(H,15,16). The highest BCUT2D eigenvalue weighted by molar-refractivity contribution is 9.10. The monoisotopic (exact) mass is 285 g/mol. The van der Waals surface area contributed by atoms with Gasteiger partial charge in [0.1, 0.15) is 0 Å². The maximum absolute atomic E-state index is 10.7. The van der Waals surface area contributed by atoms with Crippen molar-refractivity contribution in [3.05, 3.63) is 34.3 Å². The molecule has 4 heteroatoms. The Balaban J connectivity index is 2.82. The Morgan fingerprint density at radius 3 is 2.75 bits per heavy atom. The average Bonchev–Trinajstić information content (AvgIpc) is 2.24. The lowest BCUT2D eigenvalue weighted by Gasteiger charge is -2.26. The molecule has 1 unspecified atom stereocenters. The summed E-state index contributed by atoms with van der Waals surface area (Å²) in [7, 11) is 0. The SMILES string of the molecule is CCN(CC(=O)O)C(C)c1cccc(Br)c1. The smallest absolute Gasteiger partial charge is 0.317 e. The first-order valence-electron chi connectivity index (χ1n) is 5.26. The molecule has 0 spiro atoms. The molecule has 0 heterocycles. The summed E-state index contributed by atoms with van der Waals surface area (Å²) in [4.78, 5) is 12.6. The first kappa shape index (κ1) is 13.2. The lowest BCUT2D eigenvalue weighted by Crippen LogP contribution is -2.32. The topological polar surface area (TPSA) is 40.5 Å². The summed E-state index contributed by atoms with van der Waals surface area (Å²) >= 11 is 3.42. The fourth-order valence-electron chi connectivity index (χ4n) is 1.67. The fraction of sp³-hybridized carbons (Fsp3) is 0.417. The number of carboxylic acids is 1. The van der Waals surface area contributed by atoms with E-state index in [-0.39, 0.29) is 12.6 Å². The minimum Gasteiger partial charge on any atom is -0.480 e. The van der Waals surface area contributed by atoms with Gasteiger partial charge in [0.25, 0.3) is 0 Å². The summed E-state index contributed by atoms with van der Waals surface area (Å²) < 4.78 is 1.02. The molecule has 0 aromatic heterocycles. The number of benzene rings is 1. The van der Waals surface area contributed by atoms with Crippen LogP contribution in [0.4, 0.5) is 0 Å².